The number of para-hydroxylation sites is 2. The number of fused-ring (bicyclic) bond motifs is 4. The Kier molecular flexibility index (Phi) is 11.2. The van der Waals surface area contributed by atoms with Crippen LogP contribution in [0.3, 0.4) is 0 Å². The first-order chi connectivity index (χ1) is 18.5. The first-order valence-corrected chi connectivity index (χ1v) is 11.0. The highest BCUT2D eigenvalue weighted by Gasteiger charge is 2.09. The molecule has 0 bridgehead atoms. The van der Waals surface area contributed by atoms with Crippen molar-refractivity contribution in [2.45, 2.75) is 6.92 Å². The highest BCUT2D eigenvalue weighted by Crippen LogP contribution is 2.10. The molecular weight excluding hydrogens is 532 g/mol. The van der Waals surface area contributed by atoms with Crippen LogP contribution in [0.1, 0.15) is 17.3 Å². The van der Waals surface area contributed by atoms with Crippen LogP contribution in [-0.4, -0.2) is 57.6 Å². The SMILES string of the molecule is CCO.Cl.NO.O=Cc1c[nH]n2c(=O)c3ccccc3nc12.O=c1c2ccccc2nc2c(=CNO)cnn12. The van der Waals surface area contributed by atoms with Gasteiger partial charge in [0.1, 0.15) is 0 Å². The second kappa shape index (κ2) is 14.3. The van der Waals surface area contributed by atoms with E-state index in [2.05, 4.69) is 26.1 Å². The number of H-pyrrole nitrogens is 1. The Labute approximate surface area is 225 Å². The number of nitrogens with two attached hydrogens (primary N) is 1. The van der Waals surface area contributed by atoms with E-state index in [1.807, 2.05) is 11.5 Å². The van der Waals surface area contributed by atoms with Gasteiger partial charge in [-0.25, -0.2) is 20.4 Å². The molecule has 14 nitrogen and oxygen atoms in total. The molecule has 0 fully saturated rings. The normalized spacial score (nSPS) is 10.5. The predicted molar refractivity (Wildman–Crippen MR) is 146 cm³/mol. The summed E-state index contributed by atoms with van der Waals surface area (Å²) < 4.78 is 2.48. The van der Waals surface area contributed by atoms with Gasteiger partial charge in [-0.2, -0.15) is 9.61 Å². The quantitative estimate of drug-likeness (QED) is 0.127. The molecule has 0 aliphatic rings. The van der Waals surface area contributed by atoms with Gasteiger partial charge in [0.05, 0.1) is 38.8 Å². The zero-order valence-electron chi connectivity index (χ0n) is 20.4. The zero-order chi connectivity index (χ0) is 27.7. The molecule has 2 aromatic carbocycles. The number of aromatic amines is 1. The fraction of sp³-hybridized carbons (Fsp3) is 0.0833. The van der Waals surface area contributed by atoms with Gasteiger partial charge >= 0.3 is 0 Å². The highest BCUT2D eigenvalue weighted by atomic mass is 35.5. The third-order valence-electron chi connectivity index (χ3n) is 5.05. The Morgan fingerprint density at radius 1 is 0.974 bits per heavy atom. The van der Waals surface area contributed by atoms with E-state index < -0.39 is 0 Å². The number of benzene rings is 2. The molecule has 0 saturated carbocycles. The number of nitrogens with one attached hydrogen (secondary N) is 2. The maximum atomic E-state index is 12.1. The number of hydrogen-bond acceptors (Lipinski definition) is 11. The van der Waals surface area contributed by atoms with Gasteiger partial charge in [-0.05, 0) is 31.2 Å². The van der Waals surface area contributed by atoms with Crippen molar-refractivity contribution in [3.8, 4) is 0 Å². The fourth-order valence-electron chi connectivity index (χ4n) is 3.50. The van der Waals surface area contributed by atoms with Crippen molar-refractivity contribution < 1.29 is 20.3 Å². The van der Waals surface area contributed by atoms with E-state index in [0.717, 1.165) is 0 Å². The summed E-state index contributed by atoms with van der Waals surface area (Å²) in [6.45, 7) is 1.93. The van der Waals surface area contributed by atoms with Crippen molar-refractivity contribution >= 4 is 58.0 Å². The predicted octanol–water partition coefficient (Wildman–Crippen LogP) is 0.421. The Hall–Kier alpha value is -4.73. The molecule has 15 heteroatoms. The molecule has 7 N–H and O–H groups in total. The standard InChI is InChI=1S/C11H8N4O2.C11H7N3O2.C2H6O.ClH.H3NO/c16-11-8-3-1-2-4-9(8)14-10-7(6-13-17)5-12-15(10)11;15-6-7-5-12-14-10(7)13-9-4-2-1-3-8(9)11(14)16;1-2-3;;1-2/h1-6,13,17H;1-6,12H;3H,2H2,1H3;1H;2H,1H2. The lowest BCUT2D eigenvalue weighted by Crippen LogP contribution is -2.17. The van der Waals surface area contributed by atoms with Crippen LogP contribution in [0, 0.1) is 0 Å². The molecule has 0 amide bonds. The van der Waals surface area contributed by atoms with Crippen molar-refractivity contribution in [3.63, 3.8) is 0 Å². The highest BCUT2D eigenvalue weighted by molar-refractivity contribution is 5.87. The van der Waals surface area contributed by atoms with E-state index in [1.165, 1.54) is 27.6 Å². The van der Waals surface area contributed by atoms with Crippen molar-refractivity contribution in [1.29, 1.82) is 0 Å². The number of hydrogen-bond donors (Lipinski definition) is 6. The summed E-state index contributed by atoms with van der Waals surface area (Å²) in [6.07, 6.45) is 4.93. The van der Waals surface area contributed by atoms with Crippen LogP contribution in [0.2, 0.25) is 0 Å². The fourth-order valence-corrected chi connectivity index (χ4v) is 3.50. The number of rotatable bonds is 2. The van der Waals surface area contributed by atoms with Gasteiger partial charge in [0.2, 0.25) is 0 Å². The average Bonchev–Trinajstić information content (AvgIpc) is 3.55. The molecule has 204 valence electrons. The minimum absolute atomic E-state index is 0. The van der Waals surface area contributed by atoms with Crippen LogP contribution in [0.4, 0.5) is 0 Å². The third-order valence-corrected chi connectivity index (χ3v) is 5.05. The van der Waals surface area contributed by atoms with Crippen LogP contribution >= 0.6 is 12.4 Å². The first kappa shape index (κ1) is 30.5. The molecule has 0 aliphatic heterocycles. The summed E-state index contributed by atoms with van der Waals surface area (Å²) in [5.41, 5.74) is 3.84. The van der Waals surface area contributed by atoms with Gasteiger partial charge in [-0.1, -0.05) is 24.3 Å². The number of halogens is 1. The van der Waals surface area contributed by atoms with E-state index in [-0.39, 0.29) is 30.1 Å². The monoisotopic (exact) mass is 556 g/mol. The van der Waals surface area contributed by atoms with E-state index in [4.69, 9.17) is 15.5 Å². The molecular formula is C24H25ClN8O6. The summed E-state index contributed by atoms with van der Waals surface area (Å²) in [5.74, 6) is 3.50. The summed E-state index contributed by atoms with van der Waals surface area (Å²) in [7, 11) is 0. The number of hydroxylamine groups is 1. The molecule has 6 rings (SSSR count). The molecule has 0 saturated heterocycles. The molecule has 0 unspecified atom stereocenters. The van der Waals surface area contributed by atoms with Crippen LogP contribution in [0.25, 0.3) is 39.3 Å². The second-order valence-corrected chi connectivity index (χ2v) is 7.30. The lowest BCUT2D eigenvalue weighted by Gasteiger charge is -1.97. The molecule has 0 atom stereocenters. The average molecular weight is 557 g/mol. The third kappa shape index (κ3) is 6.23. The van der Waals surface area contributed by atoms with Gasteiger partial charge in [-0.3, -0.25) is 30.2 Å². The van der Waals surface area contributed by atoms with Crippen LogP contribution in [0.15, 0.2) is 70.5 Å². The number of carbonyl (C=O) groups excluding carboxylic acids is 1. The Morgan fingerprint density at radius 2 is 1.51 bits per heavy atom. The molecule has 6 aromatic rings. The summed E-state index contributed by atoms with van der Waals surface area (Å²) >= 11 is 0. The van der Waals surface area contributed by atoms with E-state index in [1.54, 1.807) is 49.4 Å². The number of aliphatic hydroxyl groups is 1. The lowest BCUT2D eigenvalue weighted by atomic mass is 10.2. The minimum atomic E-state index is -0.219. The largest absolute Gasteiger partial charge is 0.397 e. The molecule has 0 radical (unpaired) electrons. The van der Waals surface area contributed by atoms with Gasteiger partial charge < -0.3 is 10.3 Å². The second-order valence-electron chi connectivity index (χ2n) is 7.30. The Balaban J connectivity index is 0.000000231. The molecule has 39 heavy (non-hydrogen) atoms. The van der Waals surface area contributed by atoms with E-state index in [0.29, 0.717) is 50.2 Å². The maximum Gasteiger partial charge on any atom is 0.282 e. The Bertz CT molecular complexity index is 1870. The molecule has 4 aromatic heterocycles. The van der Waals surface area contributed by atoms with Gasteiger partial charge in [0, 0.05) is 19.0 Å². The number of aromatic nitrogens is 6. The summed E-state index contributed by atoms with van der Waals surface area (Å²) in [6, 6.07) is 14.1. The summed E-state index contributed by atoms with van der Waals surface area (Å²) in [5, 5.41) is 31.0. The summed E-state index contributed by atoms with van der Waals surface area (Å²) in [4.78, 5) is 43.4. The lowest BCUT2D eigenvalue weighted by molar-refractivity contribution is 0.112. The smallest absolute Gasteiger partial charge is 0.282 e. The van der Waals surface area contributed by atoms with Crippen LogP contribution in [-0.2, 0) is 0 Å². The van der Waals surface area contributed by atoms with Crippen molar-refractivity contribution in [3.05, 3.63) is 92.4 Å². The van der Waals surface area contributed by atoms with Gasteiger partial charge in [0.15, 0.2) is 17.6 Å². The Morgan fingerprint density at radius 3 is 2.08 bits per heavy atom. The van der Waals surface area contributed by atoms with Crippen molar-refractivity contribution in [2.24, 2.45) is 5.90 Å². The molecule has 4 heterocycles. The number of carbonyl (C=O) groups is 1. The van der Waals surface area contributed by atoms with Crippen molar-refractivity contribution in [2.75, 3.05) is 6.61 Å². The van der Waals surface area contributed by atoms with E-state index >= 15 is 0 Å². The maximum absolute atomic E-state index is 12.1. The number of nitrogens with zero attached hydrogens (tertiary/aromatic N) is 5. The molecule has 0 aliphatic carbocycles. The zero-order valence-corrected chi connectivity index (χ0v) is 21.2. The van der Waals surface area contributed by atoms with Crippen LogP contribution in [0.5, 0.6) is 0 Å². The number of aliphatic hydroxyl groups excluding tert-OH is 1. The van der Waals surface area contributed by atoms with Crippen LogP contribution < -0.4 is 27.7 Å². The number of aldehydes is 1. The van der Waals surface area contributed by atoms with E-state index in [9.17, 15) is 14.4 Å². The molecule has 0 spiro atoms. The van der Waals surface area contributed by atoms with Crippen molar-refractivity contribution in [1.82, 2.24) is 34.7 Å². The minimum Gasteiger partial charge on any atom is -0.397 e. The topological polar surface area (TPSA) is 213 Å². The van der Waals surface area contributed by atoms with Gasteiger partial charge in [-0.15, -0.1) is 12.4 Å². The van der Waals surface area contributed by atoms with Gasteiger partial charge in [0.25, 0.3) is 11.1 Å². The first-order valence-electron chi connectivity index (χ1n) is 11.0.